The number of anilines is 1. The van der Waals surface area contributed by atoms with Gasteiger partial charge in [0.05, 0.1) is 5.69 Å². The lowest BCUT2D eigenvalue weighted by Gasteiger charge is -2.10. The summed E-state index contributed by atoms with van der Waals surface area (Å²) < 4.78 is 6.94. The fourth-order valence-corrected chi connectivity index (χ4v) is 2.90. The smallest absolute Gasteiger partial charge is 0.263 e. The van der Waals surface area contributed by atoms with Crippen LogP contribution in [0.15, 0.2) is 35.1 Å². The first kappa shape index (κ1) is 22.2. The summed E-state index contributed by atoms with van der Waals surface area (Å²) in [5.41, 5.74) is 2.78. The highest BCUT2D eigenvalue weighted by atomic mass is 35.5. The lowest BCUT2D eigenvalue weighted by Crippen LogP contribution is -2.24. The minimum Gasteiger partial charge on any atom is -0.484 e. The molecule has 0 atom stereocenters. The van der Waals surface area contributed by atoms with Crippen molar-refractivity contribution in [2.45, 2.75) is 34.1 Å². The number of hydrogen-bond acceptors (Lipinski definition) is 5. The predicted molar refractivity (Wildman–Crippen MR) is 113 cm³/mol. The largest absolute Gasteiger partial charge is 0.484 e. The summed E-state index contributed by atoms with van der Waals surface area (Å²) in [6.07, 6.45) is 0.590. The van der Waals surface area contributed by atoms with Crippen LogP contribution in [0.25, 0.3) is 5.95 Å². The summed E-state index contributed by atoms with van der Waals surface area (Å²) in [6, 6.07) is 9.17. The van der Waals surface area contributed by atoms with Gasteiger partial charge in [0, 0.05) is 17.3 Å². The van der Waals surface area contributed by atoms with E-state index in [4.69, 9.17) is 4.74 Å². The van der Waals surface area contributed by atoms with E-state index in [1.54, 1.807) is 26.0 Å². The Morgan fingerprint density at radius 1 is 1.24 bits per heavy atom. The quantitative estimate of drug-likeness (QED) is 0.642. The maximum atomic E-state index is 12.3. The Bertz CT molecular complexity index is 1070. The number of nitrogens with zero attached hydrogens (tertiary/aromatic N) is 3. The van der Waals surface area contributed by atoms with E-state index in [9.17, 15) is 9.59 Å². The van der Waals surface area contributed by atoms with Crippen LogP contribution >= 0.6 is 12.4 Å². The number of aryl methyl sites for hydroxylation is 3. The van der Waals surface area contributed by atoms with E-state index in [1.165, 1.54) is 4.68 Å². The van der Waals surface area contributed by atoms with Crippen LogP contribution < -0.4 is 15.6 Å². The van der Waals surface area contributed by atoms with Crippen molar-refractivity contribution in [2.75, 3.05) is 11.9 Å². The second-order valence-corrected chi connectivity index (χ2v) is 6.54. The van der Waals surface area contributed by atoms with E-state index in [-0.39, 0.29) is 36.4 Å². The minimum atomic E-state index is -0.341. The van der Waals surface area contributed by atoms with E-state index in [1.807, 2.05) is 32.0 Å². The van der Waals surface area contributed by atoms with Crippen LogP contribution in [0.4, 0.5) is 5.82 Å². The molecule has 0 fully saturated rings. The molecule has 0 radical (unpaired) electrons. The normalized spacial score (nSPS) is 10.3. The zero-order valence-corrected chi connectivity index (χ0v) is 17.6. The van der Waals surface area contributed by atoms with E-state index < -0.39 is 0 Å². The van der Waals surface area contributed by atoms with Crippen LogP contribution in [0.3, 0.4) is 0 Å². The molecular weight excluding hydrogens is 394 g/mol. The average molecular weight is 418 g/mol. The van der Waals surface area contributed by atoms with Gasteiger partial charge in [-0.05, 0) is 44.9 Å². The molecular formula is C20H24ClN5O3. The summed E-state index contributed by atoms with van der Waals surface area (Å²) in [6.45, 7) is 7.28. The first-order valence-corrected chi connectivity index (χ1v) is 9.03. The van der Waals surface area contributed by atoms with Gasteiger partial charge in [-0.1, -0.05) is 19.1 Å². The number of hydrogen-bond donors (Lipinski definition) is 2. The Labute approximate surface area is 174 Å². The Kier molecular flexibility index (Phi) is 7.17. The molecule has 29 heavy (non-hydrogen) atoms. The molecule has 1 aromatic carbocycles. The number of amides is 1. The SMILES string of the molecule is CCc1c(C)nc(-n2nc(C)cc2NC(=O)COc2cccc(C)c2)[nH]c1=O.Cl. The average Bonchev–Trinajstić information content (AvgIpc) is 3.00. The molecule has 0 aliphatic carbocycles. The first-order chi connectivity index (χ1) is 13.4. The Morgan fingerprint density at radius 3 is 2.66 bits per heavy atom. The standard InChI is InChI=1S/C20H23N5O3.ClH/c1-5-16-14(4)21-20(23-19(16)27)25-17(10-13(3)24-25)22-18(26)11-28-15-8-6-7-12(2)9-15;/h6-10H,5,11H2,1-4H3,(H,22,26)(H,21,23,27);1H. The molecule has 0 saturated carbocycles. The van der Waals surface area contributed by atoms with Crippen LogP contribution in [0.2, 0.25) is 0 Å². The van der Waals surface area contributed by atoms with Gasteiger partial charge < -0.3 is 10.1 Å². The third-order valence-electron chi connectivity index (χ3n) is 4.22. The summed E-state index contributed by atoms with van der Waals surface area (Å²) >= 11 is 0. The van der Waals surface area contributed by atoms with Gasteiger partial charge in [-0.15, -0.1) is 12.4 Å². The second kappa shape index (κ2) is 9.38. The summed E-state index contributed by atoms with van der Waals surface area (Å²) in [4.78, 5) is 31.7. The van der Waals surface area contributed by atoms with Gasteiger partial charge in [0.1, 0.15) is 11.6 Å². The number of ether oxygens (including phenoxy) is 1. The zero-order valence-electron chi connectivity index (χ0n) is 16.8. The molecule has 2 heterocycles. The van der Waals surface area contributed by atoms with Gasteiger partial charge >= 0.3 is 0 Å². The van der Waals surface area contributed by atoms with Crippen LogP contribution in [-0.2, 0) is 11.2 Å². The van der Waals surface area contributed by atoms with Crippen LogP contribution in [0.1, 0.15) is 29.4 Å². The van der Waals surface area contributed by atoms with Crippen molar-refractivity contribution < 1.29 is 9.53 Å². The molecule has 0 bridgehead atoms. The maximum Gasteiger partial charge on any atom is 0.263 e. The van der Waals surface area contributed by atoms with Crippen molar-refractivity contribution in [1.29, 1.82) is 0 Å². The lowest BCUT2D eigenvalue weighted by molar-refractivity contribution is -0.118. The molecule has 3 rings (SSSR count). The van der Waals surface area contributed by atoms with Crippen LogP contribution in [-0.4, -0.2) is 32.3 Å². The highest BCUT2D eigenvalue weighted by molar-refractivity contribution is 5.91. The maximum absolute atomic E-state index is 12.3. The third-order valence-corrected chi connectivity index (χ3v) is 4.22. The molecule has 3 aromatic rings. The number of nitrogens with one attached hydrogen (secondary N) is 2. The number of rotatable bonds is 6. The van der Waals surface area contributed by atoms with E-state index in [0.29, 0.717) is 34.9 Å². The van der Waals surface area contributed by atoms with E-state index in [2.05, 4.69) is 20.4 Å². The van der Waals surface area contributed by atoms with Gasteiger partial charge in [-0.2, -0.15) is 9.78 Å². The lowest BCUT2D eigenvalue weighted by atomic mass is 10.2. The molecule has 154 valence electrons. The monoisotopic (exact) mass is 417 g/mol. The highest BCUT2D eigenvalue weighted by Crippen LogP contribution is 2.16. The van der Waals surface area contributed by atoms with Crippen molar-refractivity contribution in [3.8, 4) is 11.7 Å². The minimum absolute atomic E-state index is 0. The molecule has 0 aliphatic rings. The molecule has 0 unspecified atom stereocenters. The molecule has 0 spiro atoms. The van der Waals surface area contributed by atoms with Gasteiger partial charge in [0.25, 0.3) is 11.5 Å². The highest BCUT2D eigenvalue weighted by Gasteiger charge is 2.15. The zero-order chi connectivity index (χ0) is 20.3. The van der Waals surface area contributed by atoms with Crippen LogP contribution in [0.5, 0.6) is 5.75 Å². The molecule has 0 saturated heterocycles. The molecule has 8 nitrogen and oxygen atoms in total. The van der Waals surface area contributed by atoms with Gasteiger partial charge in [0.2, 0.25) is 5.95 Å². The molecule has 0 aliphatic heterocycles. The fraction of sp³-hybridized carbons (Fsp3) is 0.300. The van der Waals surface area contributed by atoms with Crippen molar-refractivity contribution in [3.05, 3.63) is 63.2 Å². The number of aromatic amines is 1. The van der Waals surface area contributed by atoms with E-state index >= 15 is 0 Å². The summed E-state index contributed by atoms with van der Waals surface area (Å²) in [7, 11) is 0. The van der Waals surface area contributed by atoms with Crippen molar-refractivity contribution in [1.82, 2.24) is 19.7 Å². The topological polar surface area (TPSA) is 102 Å². The number of H-pyrrole nitrogens is 1. The summed E-state index contributed by atoms with van der Waals surface area (Å²) in [5, 5.41) is 7.09. The third kappa shape index (κ3) is 5.23. The van der Waals surface area contributed by atoms with Gasteiger partial charge in [-0.25, -0.2) is 4.98 Å². The number of carbonyl (C=O) groups excluding carboxylic acids is 1. The Morgan fingerprint density at radius 2 is 2.00 bits per heavy atom. The number of halogens is 1. The second-order valence-electron chi connectivity index (χ2n) is 6.54. The molecule has 9 heteroatoms. The predicted octanol–water partition coefficient (Wildman–Crippen LogP) is 2.88. The van der Waals surface area contributed by atoms with Crippen molar-refractivity contribution in [2.24, 2.45) is 0 Å². The molecule has 2 N–H and O–H groups in total. The van der Waals surface area contributed by atoms with Crippen molar-refractivity contribution >= 4 is 24.1 Å². The molecule has 1 amide bonds. The first-order valence-electron chi connectivity index (χ1n) is 9.03. The van der Waals surface area contributed by atoms with Crippen molar-refractivity contribution in [3.63, 3.8) is 0 Å². The number of benzene rings is 1. The number of carbonyl (C=O) groups is 1. The Hall–Kier alpha value is -3.13. The summed E-state index contributed by atoms with van der Waals surface area (Å²) in [5.74, 6) is 0.938. The van der Waals surface area contributed by atoms with Crippen LogP contribution in [0, 0.1) is 20.8 Å². The molecule has 2 aromatic heterocycles. The van der Waals surface area contributed by atoms with Gasteiger partial charge in [-0.3, -0.25) is 14.6 Å². The number of aromatic nitrogens is 4. The Balaban J connectivity index is 0.00000300. The van der Waals surface area contributed by atoms with Gasteiger partial charge in [0.15, 0.2) is 6.61 Å². The van der Waals surface area contributed by atoms with E-state index in [0.717, 1.165) is 5.56 Å². The fourth-order valence-electron chi connectivity index (χ4n) is 2.90.